The molecule has 0 bridgehead atoms. The lowest BCUT2D eigenvalue weighted by molar-refractivity contribution is -0.112. The van der Waals surface area contributed by atoms with E-state index in [9.17, 15) is 9.18 Å². The lowest BCUT2D eigenvalue weighted by Gasteiger charge is -2.04. The molecule has 0 aliphatic carbocycles. The Kier molecular flexibility index (Phi) is 4.09. The molecule has 0 heterocycles. The molecule has 0 saturated carbocycles. The maximum absolute atomic E-state index is 12.6. The van der Waals surface area contributed by atoms with Gasteiger partial charge in [-0.05, 0) is 31.2 Å². The minimum Gasteiger partial charge on any atom is -0.321 e. The van der Waals surface area contributed by atoms with E-state index >= 15 is 0 Å². The van der Waals surface area contributed by atoms with Crippen molar-refractivity contribution in [2.24, 2.45) is 0 Å². The smallest absolute Gasteiger partial charge is 0.267 e. The number of carbonyl (C=O) groups is 1. The van der Waals surface area contributed by atoms with Crippen molar-refractivity contribution in [2.75, 3.05) is 5.32 Å². The second kappa shape index (κ2) is 5.33. The van der Waals surface area contributed by atoms with Crippen LogP contribution in [0.3, 0.4) is 0 Å². The molecule has 1 N–H and O–H groups in total. The van der Waals surface area contributed by atoms with Gasteiger partial charge in [0.05, 0.1) is 0 Å². The van der Waals surface area contributed by atoms with Crippen molar-refractivity contribution < 1.29 is 9.18 Å². The first-order valence-corrected chi connectivity index (χ1v) is 4.86. The molecule has 0 radical (unpaired) electrons. The number of allylic oxidation sites excluding steroid dienone is 1. The van der Waals surface area contributed by atoms with Crippen LogP contribution in [0, 0.1) is 17.1 Å². The Hall–Kier alpha value is -1.80. The van der Waals surface area contributed by atoms with Gasteiger partial charge in [0.15, 0.2) is 0 Å². The highest BCUT2D eigenvalue weighted by Crippen LogP contribution is 2.12. The summed E-state index contributed by atoms with van der Waals surface area (Å²) >= 11 is 3.93. The number of nitrogens with zero attached hydrogens (tertiary/aromatic N) is 1. The van der Waals surface area contributed by atoms with E-state index in [1.165, 1.54) is 24.3 Å². The molecular formula is C11H9FN2OS. The molecular weight excluding hydrogens is 227 g/mol. The number of hydrogen-bond acceptors (Lipinski definition) is 3. The summed E-state index contributed by atoms with van der Waals surface area (Å²) in [5.74, 6) is -0.943. The van der Waals surface area contributed by atoms with E-state index in [0.717, 1.165) is 0 Å². The normalized spacial score (nSPS) is 11.4. The van der Waals surface area contributed by atoms with Crippen molar-refractivity contribution in [3.63, 3.8) is 0 Å². The van der Waals surface area contributed by atoms with E-state index in [2.05, 4.69) is 17.9 Å². The fourth-order valence-electron chi connectivity index (χ4n) is 1.02. The standard InChI is InChI=1S/C11H9FN2OS/c1-7(16)10(6-13)11(15)14-9-4-2-8(12)3-5-9/h2-5,16H,1H3,(H,14,15)/b10-7+. The number of nitriles is 1. The van der Waals surface area contributed by atoms with E-state index in [-0.39, 0.29) is 11.4 Å². The SMILES string of the molecule is C/C(S)=C(/C#N)C(=O)Nc1ccc(F)cc1. The van der Waals surface area contributed by atoms with Crippen molar-refractivity contribution >= 4 is 24.2 Å². The summed E-state index contributed by atoms with van der Waals surface area (Å²) in [6.07, 6.45) is 0. The summed E-state index contributed by atoms with van der Waals surface area (Å²) in [6.45, 7) is 1.55. The average molecular weight is 236 g/mol. The number of nitrogens with one attached hydrogen (secondary N) is 1. The highest BCUT2D eigenvalue weighted by Gasteiger charge is 2.10. The van der Waals surface area contributed by atoms with E-state index in [1.54, 1.807) is 13.0 Å². The molecule has 1 rings (SSSR count). The van der Waals surface area contributed by atoms with Crippen LogP contribution < -0.4 is 5.32 Å². The van der Waals surface area contributed by atoms with Crippen LogP contribution in [-0.2, 0) is 4.79 Å². The molecule has 5 heteroatoms. The van der Waals surface area contributed by atoms with Gasteiger partial charge in [-0.1, -0.05) is 0 Å². The maximum atomic E-state index is 12.6. The number of rotatable bonds is 2. The van der Waals surface area contributed by atoms with Gasteiger partial charge in [0.25, 0.3) is 5.91 Å². The van der Waals surface area contributed by atoms with Crippen LogP contribution in [-0.4, -0.2) is 5.91 Å². The predicted molar refractivity (Wildman–Crippen MR) is 62.3 cm³/mol. The average Bonchev–Trinajstić information content (AvgIpc) is 2.22. The van der Waals surface area contributed by atoms with Crippen LogP contribution in [0.15, 0.2) is 34.7 Å². The number of benzene rings is 1. The topological polar surface area (TPSA) is 52.9 Å². The van der Waals surface area contributed by atoms with Gasteiger partial charge in [0.2, 0.25) is 0 Å². The van der Waals surface area contributed by atoms with Gasteiger partial charge in [0.1, 0.15) is 17.5 Å². The summed E-state index contributed by atoms with van der Waals surface area (Å²) in [6, 6.07) is 7.02. The molecule has 1 amide bonds. The molecule has 1 aromatic carbocycles. The van der Waals surface area contributed by atoms with Crippen molar-refractivity contribution in [2.45, 2.75) is 6.92 Å². The Labute approximate surface area is 98.0 Å². The highest BCUT2D eigenvalue weighted by molar-refractivity contribution is 7.84. The molecule has 0 fully saturated rings. The number of thiol groups is 1. The Morgan fingerprint density at radius 2 is 2.00 bits per heavy atom. The molecule has 0 saturated heterocycles. The Morgan fingerprint density at radius 1 is 1.44 bits per heavy atom. The van der Waals surface area contributed by atoms with E-state index < -0.39 is 5.91 Å². The van der Waals surface area contributed by atoms with Crippen LogP contribution in [0.2, 0.25) is 0 Å². The number of amides is 1. The van der Waals surface area contributed by atoms with Crippen molar-refractivity contribution in [3.05, 3.63) is 40.6 Å². The molecule has 0 unspecified atom stereocenters. The highest BCUT2D eigenvalue weighted by atomic mass is 32.1. The third-order valence-corrected chi connectivity index (χ3v) is 2.03. The first-order chi connectivity index (χ1) is 7.54. The zero-order chi connectivity index (χ0) is 12.1. The van der Waals surface area contributed by atoms with E-state index in [1.807, 2.05) is 0 Å². The van der Waals surface area contributed by atoms with Crippen molar-refractivity contribution in [1.82, 2.24) is 0 Å². The lowest BCUT2D eigenvalue weighted by Crippen LogP contribution is -2.14. The fourth-order valence-corrected chi connectivity index (χ4v) is 1.17. The van der Waals surface area contributed by atoms with Crippen LogP contribution in [0.5, 0.6) is 0 Å². The molecule has 82 valence electrons. The maximum Gasteiger partial charge on any atom is 0.267 e. The summed E-state index contributed by atoms with van der Waals surface area (Å²) in [5.41, 5.74) is 0.362. The van der Waals surface area contributed by atoms with Gasteiger partial charge in [-0.25, -0.2) is 4.39 Å². The van der Waals surface area contributed by atoms with Crippen LogP contribution in [0.1, 0.15) is 6.92 Å². The Bertz CT molecular complexity index is 470. The first-order valence-electron chi connectivity index (χ1n) is 4.41. The van der Waals surface area contributed by atoms with Gasteiger partial charge in [0, 0.05) is 10.6 Å². The molecule has 0 atom stereocenters. The predicted octanol–water partition coefficient (Wildman–Crippen LogP) is 2.49. The van der Waals surface area contributed by atoms with Gasteiger partial charge in [-0.15, -0.1) is 12.6 Å². The third kappa shape index (κ3) is 3.11. The quantitative estimate of drug-likeness (QED) is 0.471. The molecule has 1 aromatic rings. The summed E-state index contributed by atoms with van der Waals surface area (Å²) in [7, 11) is 0. The van der Waals surface area contributed by atoms with Crippen LogP contribution in [0.25, 0.3) is 0 Å². The monoisotopic (exact) mass is 236 g/mol. The van der Waals surface area contributed by atoms with Gasteiger partial charge >= 0.3 is 0 Å². The molecule has 0 aliphatic rings. The molecule has 0 aromatic heterocycles. The summed E-state index contributed by atoms with van der Waals surface area (Å²) in [5, 5.41) is 11.2. The van der Waals surface area contributed by atoms with Gasteiger partial charge in [-0.2, -0.15) is 5.26 Å². The molecule has 3 nitrogen and oxygen atoms in total. The van der Waals surface area contributed by atoms with Gasteiger partial charge in [-0.3, -0.25) is 4.79 Å². The van der Waals surface area contributed by atoms with Crippen molar-refractivity contribution in [3.8, 4) is 6.07 Å². The van der Waals surface area contributed by atoms with E-state index in [0.29, 0.717) is 10.6 Å². The van der Waals surface area contributed by atoms with Crippen LogP contribution >= 0.6 is 12.6 Å². The van der Waals surface area contributed by atoms with Gasteiger partial charge < -0.3 is 5.32 Å². The van der Waals surface area contributed by atoms with Crippen LogP contribution in [0.4, 0.5) is 10.1 Å². The summed E-state index contributed by atoms with van der Waals surface area (Å²) < 4.78 is 12.6. The zero-order valence-electron chi connectivity index (χ0n) is 8.49. The Balaban J connectivity index is 2.84. The third-order valence-electron chi connectivity index (χ3n) is 1.80. The second-order valence-corrected chi connectivity index (χ2v) is 3.70. The first kappa shape index (κ1) is 12.3. The minimum absolute atomic E-state index is 0.0624. The zero-order valence-corrected chi connectivity index (χ0v) is 9.38. The lowest BCUT2D eigenvalue weighted by atomic mass is 10.2. The number of anilines is 1. The van der Waals surface area contributed by atoms with E-state index in [4.69, 9.17) is 5.26 Å². The van der Waals surface area contributed by atoms with Crippen molar-refractivity contribution in [1.29, 1.82) is 5.26 Å². The minimum atomic E-state index is -0.554. The number of carbonyl (C=O) groups excluding carboxylic acids is 1. The second-order valence-electron chi connectivity index (χ2n) is 3.03. The largest absolute Gasteiger partial charge is 0.321 e. The molecule has 16 heavy (non-hydrogen) atoms. The number of halogens is 1. The fraction of sp³-hybridized carbons (Fsp3) is 0.0909. The number of hydrogen-bond donors (Lipinski definition) is 2. The molecule has 0 aliphatic heterocycles. The Morgan fingerprint density at radius 3 is 2.44 bits per heavy atom. The molecule has 0 spiro atoms. The summed E-state index contributed by atoms with van der Waals surface area (Å²) in [4.78, 5) is 11.9.